The predicted octanol–water partition coefficient (Wildman–Crippen LogP) is 1.70. The van der Waals surface area contributed by atoms with E-state index in [0.29, 0.717) is 11.8 Å². The van der Waals surface area contributed by atoms with Gasteiger partial charge in [-0.05, 0) is 25.2 Å². The molecule has 1 aliphatic heterocycles. The van der Waals surface area contributed by atoms with Crippen LogP contribution in [0.3, 0.4) is 0 Å². The molecule has 0 bridgehead atoms. The monoisotopic (exact) mass is 167 g/mol. The Morgan fingerprint density at radius 3 is 3.00 bits per heavy atom. The molecule has 0 aromatic heterocycles. The van der Waals surface area contributed by atoms with E-state index in [1.807, 2.05) is 0 Å². The summed E-state index contributed by atoms with van der Waals surface area (Å²) in [6.45, 7) is 3.05. The van der Waals surface area contributed by atoms with Crippen molar-refractivity contribution in [3.63, 3.8) is 0 Å². The van der Waals surface area contributed by atoms with Crippen LogP contribution in [0.5, 0.6) is 0 Å². The van der Waals surface area contributed by atoms with Gasteiger partial charge in [0.2, 0.25) is 5.91 Å². The Morgan fingerprint density at radius 1 is 1.42 bits per heavy atom. The molecule has 2 heteroatoms. The van der Waals surface area contributed by atoms with E-state index in [0.717, 1.165) is 13.0 Å². The second kappa shape index (κ2) is 2.75. The Balaban J connectivity index is 2.20. The highest BCUT2D eigenvalue weighted by molar-refractivity contribution is 5.83. The van der Waals surface area contributed by atoms with E-state index in [1.54, 1.807) is 0 Å². The number of hydrogen-bond acceptors (Lipinski definition) is 1. The van der Waals surface area contributed by atoms with Crippen LogP contribution < -0.4 is 5.32 Å². The van der Waals surface area contributed by atoms with Crippen molar-refractivity contribution in [3.05, 3.63) is 0 Å². The molecule has 68 valence electrons. The molecule has 2 fully saturated rings. The minimum absolute atomic E-state index is 0.0174. The standard InChI is InChI=1S/C10H17NO/c1-10-6-3-2-4-8(10)5-7-11-9(10)12/h8H,2-7H2,1H3,(H,11,12). The smallest absolute Gasteiger partial charge is 0.226 e. The van der Waals surface area contributed by atoms with E-state index >= 15 is 0 Å². The summed E-state index contributed by atoms with van der Waals surface area (Å²) in [4.78, 5) is 11.6. The number of rotatable bonds is 0. The molecule has 1 saturated carbocycles. The predicted molar refractivity (Wildman–Crippen MR) is 47.7 cm³/mol. The summed E-state index contributed by atoms with van der Waals surface area (Å²) >= 11 is 0. The lowest BCUT2D eigenvalue weighted by molar-refractivity contribution is -0.138. The Hall–Kier alpha value is -0.530. The average Bonchev–Trinajstić information content (AvgIpc) is 2.07. The molecule has 0 spiro atoms. The minimum atomic E-state index is -0.0174. The molecule has 1 aliphatic carbocycles. The maximum Gasteiger partial charge on any atom is 0.226 e. The summed E-state index contributed by atoms with van der Waals surface area (Å²) in [6.07, 6.45) is 6.13. The van der Waals surface area contributed by atoms with Crippen molar-refractivity contribution in [1.29, 1.82) is 0 Å². The van der Waals surface area contributed by atoms with Crippen LogP contribution in [0.15, 0.2) is 0 Å². The molecule has 2 aliphatic rings. The number of piperidine rings is 1. The van der Waals surface area contributed by atoms with Crippen molar-refractivity contribution in [2.24, 2.45) is 11.3 Å². The third-order valence-corrected chi connectivity index (χ3v) is 3.70. The van der Waals surface area contributed by atoms with Gasteiger partial charge in [0, 0.05) is 12.0 Å². The largest absolute Gasteiger partial charge is 0.356 e. The van der Waals surface area contributed by atoms with Crippen LogP contribution in [0.4, 0.5) is 0 Å². The molecule has 0 aromatic carbocycles. The Morgan fingerprint density at radius 2 is 2.25 bits per heavy atom. The fourth-order valence-corrected chi connectivity index (χ4v) is 2.73. The minimum Gasteiger partial charge on any atom is -0.356 e. The third-order valence-electron chi connectivity index (χ3n) is 3.70. The molecule has 2 atom stereocenters. The number of hydrogen-bond donors (Lipinski definition) is 1. The molecule has 0 radical (unpaired) electrons. The van der Waals surface area contributed by atoms with E-state index in [1.165, 1.54) is 25.7 Å². The first kappa shape index (κ1) is 8.09. The van der Waals surface area contributed by atoms with Crippen LogP contribution in [-0.2, 0) is 4.79 Å². The normalized spacial score (nSPS) is 41.8. The van der Waals surface area contributed by atoms with Crippen LogP contribution in [0.2, 0.25) is 0 Å². The van der Waals surface area contributed by atoms with Gasteiger partial charge in [-0.3, -0.25) is 4.79 Å². The fourth-order valence-electron chi connectivity index (χ4n) is 2.73. The Kier molecular flexibility index (Phi) is 1.85. The quantitative estimate of drug-likeness (QED) is 0.584. The number of carbonyl (C=O) groups excluding carboxylic acids is 1. The molecule has 1 amide bonds. The first-order chi connectivity index (χ1) is 5.73. The first-order valence-corrected chi connectivity index (χ1v) is 5.02. The maximum atomic E-state index is 11.6. The average molecular weight is 167 g/mol. The van der Waals surface area contributed by atoms with Gasteiger partial charge in [-0.2, -0.15) is 0 Å². The van der Waals surface area contributed by atoms with Gasteiger partial charge in [-0.1, -0.05) is 19.8 Å². The summed E-state index contributed by atoms with van der Waals surface area (Å²) in [7, 11) is 0. The lowest BCUT2D eigenvalue weighted by Crippen LogP contribution is -2.51. The van der Waals surface area contributed by atoms with Crippen molar-refractivity contribution in [1.82, 2.24) is 5.32 Å². The van der Waals surface area contributed by atoms with E-state index in [4.69, 9.17) is 0 Å². The number of fused-ring (bicyclic) bond motifs is 1. The molecule has 1 N–H and O–H groups in total. The second-order valence-corrected chi connectivity index (χ2v) is 4.40. The van der Waals surface area contributed by atoms with Gasteiger partial charge in [0.15, 0.2) is 0 Å². The van der Waals surface area contributed by atoms with E-state index in [-0.39, 0.29) is 5.41 Å². The van der Waals surface area contributed by atoms with Gasteiger partial charge >= 0.3 is 0 Å². The molecule has 0 aromatic rings. The van der Waals surface area contributed by atoms with Crippen molar-refractivity contribution in [2.45, 2.75) is 39.0 Å². The lowest BCUT2D eigenvalue weighted by atomic mass is 9.64. The van der Waals surface area contributed by atoms with Gasteiger partial charge in [-0.25, -0.2) is 0 Å². The van der Waals surface area contributed by atoms with Crippen molar-refractivity contribution in [2.75, 3.05) is 6.54 Å². The first-order valence-electron chi connectivity index (χ1n) is 5.02. The van der Waals surface area contributed by atoms with Crippen LogP contribution in [0.25, 0.3) is 0 Å². The van der Waals surface area contributed by atoms with E-state index in [9.17, 15) is 4.79 Å². The number of nitrogens with one attached hydrogen (secondary N) is 1. The lowest BCUT2D eigenvalue weighted by Gasteiger charge is -2.43. The zero-order valence-electron chi connectivity index (χ0n) is 7.73. The van der Waals surface area contributed by atoms with Crippen LogP contribution in [0.1, 0.15) is 39.0 Å². The number of carbonyl (C=O) groups is 1. The van der Waals surface area contributed by atoms with E-state index in [2.05, 4.69) is 12.2 Å². The molecule has 2 nitrogen and oxygen atoms in total. The molecule has 2 unspecified atom stereocenters. The fraction of sp³-hybridized carbons (Fsp3) is 0.900. The highest BCUT2D eigenvalue weighted by Gasteiger charge is 2.44. The summed E-state index contributed by atoms with van der Waals surface area (Å²) in [6, 6.07) is 0. The van der Waals surface area contributed by atoms with Crippen LogP contribution >= 0.6 is 0 Å². The van der Waals surface area contributed by atoms with Crippen molar-refractivity contribution >= 4 is 5.91 Å². The summed E-state index contributed by atoms with van der Waals surface area (Å²) in [5, 5.41) is 2.98. The molecule has 1 saturated heterocycles. The molecular weight excluding hydrogens is 150 g/mol. The molecule has 1 heterocycles. The summed E-state index contributed by atoms with van der Waals surface area (Å²) < 4.78 is 0. The zero-order chi connectivity index (χ0) is 8.60. The molecule has 2 rings (SSSR count). The van der Waals surface area contributed by atoms with Gasteiger partial charge < -0.3 is 5.32 Å². The second-order valence-electron chi connectivity index (χ2n) is 4.40. The Labute approximate surface area is 73.7 Å². The van der Waals surface area contributed by atoms with Crippen molar-refractivity contribution in [3.8, 4) is 0 Å². The highest BCUT2D eigenvalue weighted by atomic mass is 16.2. The third kappa shape index (κ3) is 1.05. The van der Waals surface area contributed by atoms with Gasteiger partial charge in [-0.15, -0.1) is 0 Å². The highest BCUT2D eigenvalue weighted by Crippen LogP contribution is 2.44. The number of amides is 1. The van der Waals surface area contributed by atoms with Crippen LogP contribution in [-0.4, -0.2) is 12.5 Å². The maximum absolute atomic E-state index is 11.6. The van der Waals surface area contributed by atoms with Gasteiger partial charge in [0.05, 0.1) is 0 Å². The topological polar surface area (TPSA) is 29.1 Å². The van der Waals surface area contributed by atoms with Gasteiger partial charge in [0.1, 0.15) is 0 Å². The summed E-state index contributed by atoms with van der Waals surface area (Å²) in [5.74, 6) is 0.971. The summed E-state index contributed by atoms with van der Waals surface area (Å²) in [5.41, 5.74) is -0.0174. The Bertz CT molecular complexity index is 200. The zero-order valence-corrected chi connectivity index (χ0v) is 7.73. The van der Waals surface area contributed by atoms with Crippen LogP contribution in [0, 0.1) is 11.3 Å². The SMILES string of the molecule is CC12CCCCC1CCNC2=O. The molecular formula is C10H17NO. The van der Waals surface area contributed by atoms with Gasteiger partial charge in [0.25, 0.3) is 0 Å². The molecule has 12 heavy (non-hydrogen) atoms. The van der Waals surface area contributed by atoms with E-state index < -0.39 is 0 Å². The van der Waals surface area contributed by atoms with Crippen molar-refractivity contribution < 1.29 is 4.79 Å².